The van der Waals surface area contributed by atoms with Gasteiger partial charge in [0, 0.05) is 17.9 Å². The predicted molar refractivity (Wildman–Crippen MR) is 140 cm³/mol. The van der Waals surface area contributed by atoms with E-state index in [1.807, 2.05) is 39.0 Å². The molecule has 0 bridgehead atoms. The maximum absolute atomic E-state index is 13.3. The summed E-state index contributed by atoms with van der Waals surface area (Å²) in [4.78, 5) is 21.3. The number of aliphatic imine (C=N–C) groups is 1. The number of nitrogen functional groups attached to an aromatic ring is 2. The Bertz CT molecular complexity index is 1250. The fourth-order valence-electron chi connectivity index (χ4n) is 3.92. The summed E-state index contributed by atoms with van der Waals surface area (Å²) in [6, 6.07) is 7.02. The third-order valence-corrected chi connectivity index (χ3v) is 6.01. The maximum atomic E-state index is 13.3. The number of carbonyl (C=O) groups excluding carboxylic acids is 1. The number of hydrogen-bond donors (Lipinski definition) is 3. The number of anilines is 2. The van der Waals surface area contributed by atoms with Gasteiger partial charge in [0.15, 0.2) is 5.69 Å². The molecule has 1 aromatic carbocycles. The molecule has 2 atom stereocenters. The highest BCUT2D eigenvalue weighted by Crippen LogP contribution is 2.31. The van der Waals surface area contributed by atoms with Crippen LogP contribution in [0, 0.1) is 13.8 Å². The number of benzene rings is 1. The zero-order valence-corrected chi connectivity index (χ0v) is 20.4. The molecule has 1 amide bonds. The number of halogens is 1. The molecule has 5 N–H and O–H groups in total. The summed E-state index contributed by atoms with van der Waals surface area (Å²) >= 11 is 6.54. The number of nitrogens with zero attached hydrogens (tertiary/aromatic N) is 4. The molecule has 178 valence electrons. The number of aromatic nitrogens is 3. The Morgan fingerprint density at radius 1 is 1.35 bits per heavy atom. The number of allylic oxidation sites excluding steroid dienone is 2. The molecule has 0 fully saturated rings. The molecule has 2 aromatic heterocycles. The highest BCUT2D eigenvalue weighted by atomic mass is 35.5. The second-order valence-electron chi connectivity index (χ2n) is 8.18. The summed E-state index contributed by atoms with van der Waals surface area (Å²) in [5.41, 5.74) is 16.7. The summed E-state index contributed by atoms with van der Waals surface area (Å²) in [5.74, 6) is 0.114. The molecule has 34 heavy (non-hydrogen) atoms. The number of nitrogens with one attached hydrogen (secondary N) is 1. The third-order valence-electron chi connectivity index (χ3n) is 5.72. The van der Waals surface area contributed by atoms with Crippen molar-refractivity contribution < 1.29 is 4.79 Å². The van der Waals surface area contributed by atoms with Crippen LogP contribution in [0.3, 0.4) is 0 Å². The van der Waals surface area contributed by atoms with Crippen LogP contribution in [-0.2, 0) is 6.54 Å². The maximum Gasteiger partial charge on any atom is 0.272 e. The van der Waals surface area contributed by atoms with Gasteiger partial charge in [-0.25, -0.2) is 4.98 Å². The van der Waals surface area contributed by atoms with Crippen LogP contribution in [0.2, 0.25) is 0 Å². The van der Waals surface area contributed by atoms with Gasteiger partial charge >= 0.3 is 0 Å². The van der Waals surface area contributed by atoms with Gasteiger partial charge in [-0.15, -0.1) is 11.6 Å². The van der Waals surface area contributed by atoms with E-state index in [1.54, 1.807) is 22.9 Å². The average molecular weight is 480 g/mol. The standard InChI is InChI=1S/C25H30ClN7O/c1-14-12-22(28)31-17(4)18(14)13-30-25(34)24-23-19(27)9-7-11-21(23)33(32-24)20(16(3)26)10-6-8-15(2)29-5/h6-9,11-12,16,20H,2,5,10,13,27H2,1,3-4H3,(H2,28,31)(H,30,34)/b8-6-/t16?,20-/m1/s1. The Kier molecular flexibility index (Phi) is 7.73. The number of carbonyl (C=O) groups is 1. The van der Waals surface area contributed by atoms with Crippen molar-refractivity contribution >= 4 is 46.6 Å². The van der Waals surface area contributed by atoms with Crippen LogP contribution in [-0.4, -0.2) is 32.8 Å². The molecule has 9 heteroatoms. The van der Waals surface area contributed by atoms with Crippen molar-refractivity contribution in [1.29, 1.82) is 0 Å². The molecule has 2 heterocycles. The number of nitrogens with two attached hydrogens (primary N) is 2. The molecule has 8 nitrogen and oxygen atoms in total. The number of fused-ring (bicyclic) bond motifs is 1. The van der Waals surface area contributed by atoms with E-state index in [9.17, 15) is 4.79 Å². The molecule has 0 aliphatic carbocycles. The Morgan fingerprint density at radius 2 is 2.09 bits per heavy atom. The lowest BCUT2D eigenvalue weighted by Gasteiger charge is -2.19. The smallest absolute Gasteiger partial charge is 0.272 e. The van der Waals surface area contributed by atoms with Gasteiger partial charge in [0.1, 0.15) is 5.82 Å². The Hall–Kier alpha value is -3.65. The van der Waals surface area contributed by atoms with Gasteiger partial charge < -0.3 is 16.8 Å². The fourth-order valence-corrected chi connectivity index (χ4v) is 4.12. The van der Waals surface area contributed by atoms with Crippen molar-refractivity contribution in [3.63, 3.8) is 0 Å². The first-order valence-corrected chi connectivity index (χ1v) is 11.3. The molecule has 0 radical (unpaired) electrons. The lowest BCUT2D eigenvalue weighted by molar-refractivity contribution is 0.0946. The molecule has 3 aromatic rings. The Labute approximate surface area is 204 Å². The van der Waals surface area contributed by atoms with E-state index >= 15 is 0 Å². The van der Waals surface area contributed by atoms with E-state index in [0.29, 0.717) is 35.6 Å². The van der Waals surface area contributed by atoms with Crippen LogP contribution in [0.1, 0.15) is 46.7 Å². The number of amides is 1. The molecule has 0 spiro atoms. The lowest BCUT2D eigenvalue weighted by atomic mass is 10.1. The molecular formula is C25H30ClN7O. The fraction of sp³-hybridized carbons (Fsp3) is 0.280. The van der Waals surface area contributed by atoms with Gasteiger partial charge in [-0.3, -0.25) is 14.5 Å². The zero-order chi connectivity index (χ0) is 25.0. The minimum atomic E-state index is -0.335. The number of pyridine rings is 1. The Balaban J connectivity index is 1.97. The summed E-state index contributed by atoms with van der Waals surface area (Å²) < 4.78 is 1.77. The van der Waals surface area contributed by atoms with Gasteiger partial charge in [-0.2, -0.15) is 5.10 Å². The predicted octanol–water partition coefficient (Wildman–Crippen LogP) is 4.47. The first-order valence-electron chi connectivity index (χ1n) is 10.9. The molecule has 3 rings (SSSR count). The topological polar surface area (TPSA) is 124 Å². The number of rotatable bonds is 9. The molecule has 0 saturated carbocycles. The Morgan fingerprint density at radius 3 is 2.74 bits per heavy atom. The van der Waals surface area contributed by atoms with Crippen molar-refractivity contribution in [2.75, 3.05) is 11.5 Å². The first-order chi connectivity index (χ1) is 16.1. The van der Waals surface area contributed by atoms with E-state index in [2.05, 4.69) is 33.7 Å². The summed E-state index contributed by atoms with van der Waals surface area (Å²) in [6.45, 7) is 13.2. The van der Waals surface area contributed by atoms with E-state index in [1.165, 1.54) is 0 Å². The van der Waals surface area contributed by atoms with Crippen molar-refractivity contribution in [2.24, 2.45) is 4.99 Å². The van der Waals surface area contributed by atoms with Gasteiger partial charge in [0.2, 0.25) is 0 Å². The second kappa shape index (κ2) is 10.5. The van der Waals surface area contributed by atoms with Crippen LogP contribution < -0.4 is 16.8 Å². The van der Waals surface area contributed by atoms with Crippen LogP contribution in [0.15, 0.2) is 53.7 Å². The first kappa shape index (κ1) is 25.0. The number of alkyl halides is 1. The highest BCUT2D eigenvalue weighted by molar-refractivity contribution is 6.20. The quantitative estimate of drug-likeness (QED) is 0.181. The van der Waals surface area contributed by atoms with Crippen molar-refractivity contribution in [2.45, 2.75) is 45.2 Å². The SMILES string of the molecule is C=NC(=C)/C=C\C[C@H](C(C)Cl)n1nc(C(=O)NCc2c(C)cc(N)nc2C)c2c(N)cccc21. The summed E-state index contributed by atoms with van der Waals surface area (Å²) in [5, 5.41) is 7.94. The second-order valence-corrected chi connectivity index (χ2v) is 8.87. The van der Waals surface area contributed by atoms with Crippen molar-refractivity contribution in [1.82, 2.24) is 20.1 Å². The number of hydrogen-bond acceptors (Lipinski definition) is 6. The molecule has 1 unspecified atom stereocenters. The van der Waals surface area contributed by atoms with E-state index < -0.39 is 0 Å². The highest BCUT2D eigenvalue weighted by Gasteiger charge is 2.25. The van der Waals surface area contributed by atoms with Crippen LogP contribution >= 0.6 is 11.6 Å². The van der Waals surface area contributed by atoms with Gasteiger partial charge in [0.25, 0.3) is 5.91 Å². The molecule has 0 saturated heterocycles. The summed E-state index contributed by atoms with van der Waals surface area (Å²) in [6.07, 6.45) is 4.25. The summed E-state index contributed by atoms with van der Waals surface area (Å²) in [7, 11) is 0. The van der Waals surface area contributed by atoms with Crippen LogP contribution in [0.4, 0.5) is 11.5 Å². The van der Waals surface area contributed by atoms with E-state index in [-0.39, 0.29) is 23.0 Å². The van der Waals surface area contributed by atoms with Gasteiger partial charge in [-0.1, -0.05) is 18.7 Å². The molecule has 0 aliphatic rings. The lowest BCUT2D eigenvalue weighted by Crippen LogP contribution is -2.25. The van der Waals surface area contributed by atoms with Gasteiger partial charge in [-0.05, 0) is 69.3 Å². The van der Waals surface area contributed by atoms with Crippen molar-refractivity contribution in [3.05, 3.63) is 71.2 Å². The largest absolute Gasteiger partial charge is 0.398 e. The minimum Gasteiger partial charge on any atom is -0.398 e. The molecular weight excluding hydrogens is 450 g/mol. The third kappa shape index (κ3) is 5.28. The zero-order valence-electron chi connectivity index (χ0n) is 19.7. The van der Waals surface area contributed by atoms with Gasteiger partial charge in [0.05, 0.1) is 28.0 Å². The minimum absolute atomic E-state index is 0.229. The average Bonchev–Trinajstić information content (AvgIpc) is 3.16. The van der Waals surface area contributed by atoms with E-state index in [4.69, 9.17) is 23.1 Å². The number of aryl methyl sites for hydroxylation is 2. The van der Waals surface area contributed by atoms with E-state index in [0.717, 1.165) is 22.3 Å². The monoisotopic (exact) mass is 479 g/mol. The van der Waals surface area contributed by atoms with Crippen molar-refractivity contribution in [3.8, 4) is 0 Å². The normalized spacial score (nSPS) is 13.2. The van der Waals surface area contributed by atoms with Crippen LogP contribution in [0.25, 0.3) is 10.9 Å². The van der Waals surface area contributed by atoms with Crippen LogP contribution in [0.5, 0.6) is 0 Å². The molecule has 0 aliphatic heterocycles.